The zero-order valence-corrected chi connectivity index (χ0v) is 11.8. The van der Waals surface area contributed by atoms with Gasteiger partial charge in [0.05, 0.1) is 6.54 Å². The molecule has 2 aromatic carbocycles. The number of benzene rings is 2. The maximum atomic E-state index is 13.6. The molecule has 0 bridgehead atoms. The molecule has 0 aliphatic heterocycles. The zero-order chi connectivity index (χ0) is 13.7. The smallest absolute Gasteiger partial charge is 0.156 e. The Morgan fingerprint density at radius 2 is 1.89 bits per heavy atom. The highest BCUT2D eigenvalue weighted by Gasteiger charge is 2.08. The number of hydrogen-bond donors (Lipinski definition) is 1. The van der Waals surface area contributed by atoms with Crippen LogP contribution in [-0.4, -0.2) is 12.3 Å². The van der Waals surface area contributed by atoms with Crippen LogP contribution in [0.5, 0.6) is 0 Å². The van der Waals surface area contributed by atoms with E-state index in [0.717, 1.165) is 5.69 Å². The van der Waals surface area contributed by atoms with Crippen molar-refractivity contribution in [2.45, 2.75) is 6.42 Å². The van der Waals surface area contributed by atoms with Crippen LogP contribution in [-0.2, 0) is 11.2 Å². The Bertz CT molecular complexity index is 572. The number of ketones is 1. The molecule has 19 heavy (non-hydrogen) atoms. The maximum absolute atomic E-state index is 13.6. The van der Waals surface area contributed by atoms with E-state index in [-0.39, 0.29) is 24.6 Å². The molecule has 0 unspecified atom stereocenters. The summed E-state index contributed by atoms with van der Waals surface area (Å²) in [6.45, 7) is 0.194. The normalized spacial score (nSPS) is 10.2. The van der Waals surface area contributed by atoms with Crippen LogP contribution < -0.4 is 5.32 Å². The van der Waals surface area contributed by atoms with Gasteiger partial charge in [-0.3, -0.25) is 4.79 Å². The van der Waals surface area contributed by atoms with Gasteiger partial charge in [-0.15, -0.1) is 0 Å². The predicted molar refractivity (Wildman–Crippen MR) is 77.7 cm³/mol. The highest BCUT2D eigenvalue weighted by atomic mass is 79.9. The maximum Gasteiger partial charge on any atom is 0.156 e. The van der Waals surface area contributed by atoms with E-state index < -0.39 is 0 Å². The third kappa shape index (κ3) is 4.17. The topological polar surface area (TPSA) is 29.1 Å². The molecule has 2 rings (SSSR count). The molecular weight excluding hydrogens is 309 g/mol. The van der Waals surface area contributed by atoms with Crippen LogP contribution in [0.15, 0.2) is 53.0 Å². The average Bonchev–Trinajstić information content (AvgIpc) is 2.41. The van der Waals surface area contributed by atoms with Gasteiger partial charge in [-0.25, -0.2) is 4.39 Å². The van der Waals surface area contributed by atoms with Crippen molar-refractivity contribution in [3.8, 4) is 0 Å². The van der Waals surface area contributed by atoms with Gasteiger partial charge in [0.25, 0.3) is 0 Å². The molecule has 0 saturated heterocycles. The Kier molecular flexibility index (Phi) is 4.68. The van der Waals surface area contributed by atoms with E-state index in [4.69, 9.17) is 0 Å². The van der Waals surface area contributed by atoms with Gasteiger partial charge < -0.3 is 5.32 Å². The van der Waals surface area contributed by atoms with Gasteiger partial charge in [0.1, 0.15) is 5.82 Å². The predicted octanol–water partition coefficient (Wildman–Crippen LogP) is 3.81. The number of rotatable bonds is 5. The first kappa shape index (κ1) is 13.7. The molecule has 2 nitrogen and oxygen atoms in total. The molecule has 0 heterocycles. The molecule has 4 heteroatoms. The number of hydrogen-bond acceptors (Lipinski definition) is 2. The van der Waals surface area contributed by atoms with E-state index in [2.05, 4.69) is 21.2 Å². The lowest BCUT2D eigenvalue weighted by Crippen LogP contribution is -2.16. The van der Waals surface area contributed by atoms with E-state index in [1.165, 1.54) is 6.07 Å². The molecule has 0 spiro atoms. The first-order valence-corrected chi connectivity index (χ1v) is 6.69. The van der Waals surface area contributed by atoms with Crippen molar-refractivity contribution in [3.05, 3.63) is 64.4 Å². The van der Waals surface area contributed by atoms with Gasteiger partial charge in [0.15, 0.2) is 5.78 Å². The van der Waals surface area contributed by atoms with Gasteiger partial charge in [0, 0.05) is 16.6 Å². The van der Waals surface area contributed by atoms with Crippen LogP contribution in [0.4, 0.5) is 10.1 Å². The Morgan fingerprint density at radius 3 is 2.58 bits per heavy atom. The fourth-order valence-electron chi connectivity index (χ4n) is 1.70. The summed E-state index contributed by atoms with van der Waals surface area (Å²) < 4.78 is 14.2. The summed E-state index contributed by atoms with van der Waals surface area (Å²) in [6.07, 6.45) is 0.0962. The molecular formula is C15H13BrFNO. The lowest BCUT2D eigenvalue weighted by molar-refractivity contribution is -0.116. The van der Waals surface area contributed by atoms with Gasteiger partial charge in [-0.2, -0.15) is 0 Å². The largest absolute Gasteiger partial charge is 0.378 e. The summed E-state index contributed by atoms with van der Waals surface area (Å²) in [5, 5.41) is 3.01. The molecule has 98 valence electrons. The number of para-hydroxylation sites is 1. The minimum absolute atomic E-state index is 0.0509. The van der Waals surface area contributed by atoms with E-state index >= 15 is 0 Å². The molecule has 1 N–H and O–H groups in total. The van der Waals surface area contributed by atoms with Crippen LogP contribution in [0, 0.1) is 5.82 Å². The van der Waals surface area contributed by atoms with Crippen molar-refractivity contribution in [1.82, 2.24) is 0 Å². The fraction of sp³-hybridized carbons (Fsp3) is 0.133. The minimum Gasteiger partial charge on any atom is -0.378 e. The molecule has 0 aliphatic rings. The molecule has 0 amide bonds. The van der Waals surface area contributed by atoms with Crippen LogP contribution in [0.2, 0.25) is 0 Å². The van der Waals surface area contributed by atoms with Crippen molar-refractivity contribution in [1.29, 1.82) is 0 Å². The summed E-state index contributed by atoms with van der Waals surface area (Å²) in [7, 11) is 0. The second kappa shape index (κ2) is 6.48. The number of Topliss-reactive ketones (excluding diaryl/α,β-unsaturated/α-hetero) is 1. The fourth-order valence-corrected chi connectivity index (χ4v) is 2.03. The SMILES string of the molecule is O=C(CNc1ccccc1)Cc1ccc(Br)cc1F. The summed E-state index contributed by atoms with van der Waals surface area (Å²) in [4.78, 5) is 11.8. The van der Waals surface area contributed by atoms with Crippen LogP contribution in [0.3, 0.4) is 0 Å². The van der Waals surface area contributed by atoms with Crippen molar-refractivity contribution in [2.24, 2.45) is 0 Å². The molecule has 2 aromatic rings. The number of halogens is 2. The summed E-state index contributed by atoms with van der Waals surface area (Å²) in [6, 6.07) is 14.2. The summed E-state index contributed by atoms with van der Waals surface area (Å²) in [5.74, 6) is -0.410. The van der Waals surface area contributed by atoms with Crippen LogP contribution in [0.25, 0.3) is 0 Å². The molecule has 0 radical (unpaired) electrons. The Hall–Kier alpha value is -1.68. The van der Waals surface area contributed by atoms with E-state index in [0.29, 0.717) is 10.0 Å². The second-order valence-electron chi connectivity index (χ2n) is 4.17. The Morgan fingerprint density at radius 1 is 1.16 bits per heavy atom. The van der Waals surface area contributed by atoms with Crippen molar-refractivity contribution in [2.75, 3.05) is 11.9 Å². The van der Waals surface area contributed by atoms with E-state index in [9.17, 15) is 9.18 Å². The van der Waals surface area contributed by atoms with Gasteiger partial charge in [-0.05, 0) is 29.8 Å². The number of nitrogens with one attached hydrogen (secondary N) is 1. The number of carbonyl (C=O) groups excluding carboxylic acids is 1. The number of carbonyl (C=O) groups is 1. The standard InChI is InChI=1S/C15H13BrFNO/c16-12-7-6-11(15(17)9-12)8-14(19)10-18-13-4-2-1-3-5-13/h1-7,9,18H,8,10H2. The molecule has 0 saturated carbocycles. The van der Waals surface area contributed by atoms with Crippen LogP contribution >= 0.6 is 15.9 Å². The van der Waals surface area contributed by atoms with E-state index in [1.54, 1.807) is 12.1 Å². The van der Waals surface area contributed by atoms with Gasteiger partial charge in [0.2, 0.25) is 0 Å². The quantitative estimate of drug-likeness (QED) is 0.907. The highest BCUT2D eigenvalue weighted by molar-refractivity contribution is 9.10. The molecule has 0 aromatic heterocycles. The molecule has 0 fully saturated rings. The highest BCUT2D eigenvalue weighted by Crippen LogP contribution is 2.16. The summed E-state index contributed by atoms with van der Waals surface area (Å²) in [5.41, 5.74) is 1.30. The monoisotopic (exact) mass is 321 g/mol. The first-order chi connectivity index (χ1) is 9.15. The second-order valence-corrected chi connectivity index (χ2v) is 5.09. The third-order valence-electron chi connectivity index (χ3n) is 2.67. The van der Waals surface area contributed by atoms with Gasteiger partial charge in [-0.1, -0.05) is 40.2 Å². The van der Waals surface area contributed by atoms with Crippen molar-refractivity contribution in [3.63, 3.8) is 0 Å². The number of anilines is 1. The lowest BCUT2D eigenvalue weighted by Gasteiger charge is -2.06. The van der Waals surface area contributed by atoms with E-state index in [1.807, 2.05) is 30.3 Å². The average molecular weight is 322 g/mol. The van der Waals surface area contributed by atoms with Crippen molar-refractivity contribution < 1.29 is 9.18 Å². The molecule has 0 aliphatic carbocycles. The zero-order valence-electron chi connectivity index (χ0n) is 10.2. The third-order valence-corrected chi connectivity index (χ3v) is 3.16. The minimum atomic E-state index is -0.359. The Labute approximate surface area is 119 Å². The summed E-state index contributed by atoms with van der Waals surface area (Å²) >= 11 is 3.19. The van der Waals surface area contributed by atoms with Gasteiger partial charge >= 0.3 is 0 Å². The first-order valence-electron chi connectivity index (χ1n) is 5.90. The van der Waals surface area contributed by atoms with Crippen molar-refractivity contribution >= 4 is 27.4 Å². The molecule has 0 atom stereocenters. The Balaban J connectivity index is 1.91. The van der Waals surface area contributed by atoms with Crippen LogP contribution in [0.1, 0.15) is 5.56 Å². The lowest BCUT2D eigenvalue weighted by atomic mass is 10.1.